The maximum atomic E-state index is 13.6. The van der Waals surface area contributed by atoms with E-state index in [1.54, 1.807) is 6.07 Å². The minimum Gasteiger partial charge on any atom is -0.381 e. The molecular formula is C15H21ClFNO. The lowest BCUT2D eigenvalue weighted by Crippen LogP contribution is -2.26. The summed E-state index contributed by atoms with van der Waals surface area (Å²) in [7, 11) is 0. The summed E-state index contributed by atoms with van der Waals surface area (Å²) in [6.07, 6.45) is 3.14. The third-order valence-corrected chi connectivity index (χ3v) is 4.12. The van der Waals surface area contributed by atoms with Gasteiger partial charge in [0.15, 0.2) is 0 Å². The van der Waals surface area contributed by atoms with Crippen molar-refractivity contribution in [2.24, 2.45) is 5.92 Å². The molecule has 1 aromatic rings. The second-order valence-electron chi connectivity index (χ2n) is 5.04. The zero-order valence-corrected chi connectivity index (χ0v) is 12.0. The molecule has 1 aromatic carbocycles. The summed E-state index contributed by atoms with van der Waals surface area (Å²) < 4.78 is 19.0. The second kappa shape index (κ2) is 7.22. The number of benzene rings is 1. The minimum atomic E-state index is -0.339. The fraction of sp³-hybridized carbons (Fsp3) is 0.600. The molecule has 1 fully saturated rings. The average Bonchev–Trinajstić information content (AvgIpc) is 2.43. The Hall–Kier alpha value is -0.640. The maximum absolute atomic E-state index is 13.6. The lowest BCUT2D eigenvalue weighted by Gasteiger charge is -2.28. The molecule has 2 nitrogen and oxygen atoms in total. The average molecular weight is 286 g/mol. The third kappa shape index (κ3) is 3.91. The molecule has 1 saturated heterocycles. The Morgan fingerprint density at radius 1 is 1.42 bits per heavy atom. The van der Waals surface area contributed by atoms with Gasteiger partial charge in [0.2, 0.25) is 0 Å². The van der Waals surface area contributed by atoms with Gasteiger partial charge in [-0.05, 0) is 43.4 Å². The standard InChI is InChI=1S/C15H21ClFNO/c1-2-18-14(10-11-6-8-19-9-7-11)12-4-3-5-13(17)15(12)16/h3-5,11,14,18H,2,6-10H2,1H3. The highest BCUT2D eigenvalue weighted by atomic mass is 35.5. The van der Waals surface area contributed by atoms with Crippen molar-refractivity contribution < 1.29 is 9.13 Å². The van der Waals surface area contributed by atoms with Crippen LogP contribution in [0, 0.1) is 11.7 Å². The third-order valence-electron chi connectivity index (χ3n) is 3.72. The van der Waals surface area contributed by atoms with Gasteiger partial charge in [-0.1, -0.05) is 30.7 Å². The summed E-state index contributed by atoms with van der Waals surface area (Å²) >= 11 is 6.10. The molecule has 1 atom stereocenters. The summed E-state index contributed by atoms with van der Waals surface area (Å²) in [5.41, 5.74) is 0.870. The molecule has 0 aliphatic carbocycles. The van der Waals surface area contributed by atoms with Crippen LogP contribution < -0.4 is 5.32 Å². The Morgan fingerprint density at radius 3 is 2.84 bits per heavy atom. The van der Waals surface area contributed by atoms with E-state index in [9.17, 15) is 4.39 Å². The summed E-state index contributed by atoms with van der Waals surface area (Å²) in [4.78, 5) is 0. The zero-order chi connectivity index (χ0) is 13.7. The number of ether oxygens (including phenoxy) is 1. The smallest absolute Gasteiger partial charge is 0.142 e. The molecule has 1 aliphatic rings. The van der Waals surface area contributed by atoms with E-state index in [1.165, 1.54) is 6.07 Å². The van der Waals surface area contributed by atoms with Crippen LogP contribution in [0.1, 0.15) is 37.8 Å². The Kier molecular flexibility index (Phi) is 5.61. The molecule has 0 aromatic heterocycles. The predicted molar refractivity (Wildman–Crippen MR) is 76.0 cm³/mol. The predicted octanol–water partition coefficient (Wildman–Crippen LogP) is 3.95. The van der Waals surface area contributed by atoms with Crippen molar-refractivity contribution in [2.45, 2.75) is 32.2 Å². The molecule has 1 unspecified atom stereocenters. The largest absolute Gasteiger partial charge is 0.381 e. The van der Waals surface area contributed by atoms with Crippen LogP contribution >= 0.6 is 11.6 Å². The highest BCUT2D eigenvalue weighted by Crippen LogP contribution is 2.32. The Balaban J connectivity index is 2.11. The Bertz CT molecular complexity index is 407. The first-order chi connectivity index (χ1) is 9.22. The topological polar surface area (TPSA) is 21.3 Å². The molecule has 4 heteroatoms. The molecule has 0 radical (unpaired) electrons. The molecule has 106 valence electrons. The first-order valence-corrected chi connectivity index (χ1v) is 7.35. The van der Waals surface area contributed by atoms with Gasteiger partial charge in [0, 0.05) is 19.3 Å². The van der Waals surface area contributed by atoms with Gasteiger partial charge in [-0.25, -0.2) is 4.39 Å². The summed E-state index contributed by atoms with van der Waals surface area (Å²) in [5, 5.41) is 3.67. The maximum Gasteiger partial charge on any atom is 0.142 e. The molecule has 1 N–H and O–H groups in total. The molecule has 0 bridgehead atoms. The number of hydrogen-bond acceptors (Lipinski definition) is 2. The lowest BCUT2D eigenvalue weighted by molar-refractivity contribution is 0.0605. The first kappa shape index (κ1) is 14.8. The summed E-state index contributed by atoms with van der Waals surface area (Å²) in [6.45, 7) is 4.58. The van der Waals surface area contributed by atoms with Gasteiger partial charge in [-0.3, -0.25) is 0 Å². The van der Waals surface area contributed by atoms with Crippen molar-refractivity contribution in [3.63, 3.8) is 0 Å². The number of halogens is 2. The van der Waals surface area contributed by atoms with Crippen LogP contribution in [-0.2, 0) is 4.74 Å². The molecule has 2 rings (SSSR count). The molecule has 0 amide bonds. The fourth-order valence-corrected chi connectivity index (χ4v) is 2.93. The van der Waals surface area contributed by atoms with Gasteiger partial charge in [0.1, 0.15) is 5.82 Å². The van der Waals surface area contributed by atoms with Gasteiger partial charge in [0.25, 0.3) is 0 Å². The van der Waals surface area contributed by atoms with Gasteiger partial charge < -0.3 is 10.1 Å². The monoisotopic (exact) mass is 285 g/mol. The van der Waals surface area contributed by atoms with E-state index in [0.29, 0.717) is 5.92 Å². The highest BCUT2D eigenvalue weighted by Gasteiger charge is 2.22. The van der Waals surface area contributed by atoms with Crippen molar-refractivity contribution in [2.75, 3.05) is 19.8 Å². The van der Waals surface area contributed by atoms with Crippen molar-refractivity contribution >= 4 is 11.6 Å². The minimum absolute atomic E-state index is 0.122. The van der Waals surface area contributed by atoms with Crippen LogP contribution in [0.4, 0.5) is 4.39 Å². The molecular weight excluding hydrogens is 265 g/mol. The molecule has 1 aliphatic heterocycles. The van der Waals surface area contributed by atoms with Crippen LogP contribution in [0.3, 0.4) is 0 Å². The molecule has 1 heterocycles. The van der Waals surface area contributed by atoms with E-state index in [1.807, 2.05) is 6.07 Å². The van der Waals surface area contributed by atoms with E-state index < -0.39 is 0 Å². The van der Waals surface area contributed by atoms with E-state index in [4.69, 9.17) is 16.3 Å². The van der Waals surface area contributed by atoms with Crippen LogP contribution in [0.2, 0.25) is 5.02 Å². The van der Waals surface area contributed by atoms with Gasteiger partial charge in [0.05, 0.1) is 5.02 Å². The van der Waals surface area contributed by atoms with Crippen LogP contribution in [0.25, 0.3) is 0 Å². The van der Waals surface area contributed by atoms with Crippen LogP contribution in [0.15, 0.2) is 18.2 Å². The Morgan fingerprint density at radius 2 is 2.16 bits per heavy atom. The Labute approximate surface area is 119 Å². The molecule has 0 saturated carbocycles. The molecule has 19 heavy (non-hydrogen) atoms. The zero-order valence-electron chi connectivity index (χ0n) is 11.3. The van der Waals surface area contributed by atoms with Gasteiger partial charge >= 0.3 is 0 Å². The number of rotatable bonds is 5. The second-order valence-corrected chi connectivity index (χ2v) is 5.42. The summed E-state index contributed by atoms with van der Waals surface area (Å²) in [5.74, 6) is 0.284. The van der Waals surface area contributed by atoms with Crippen molar-refractivity contribution in [1.82, 2.24) is 5.32 Å². The summed E-state index contributed by atoms with van der Waals surface area (Å²) in [6, 6.07) is 5.17. The van der Waals surface area contributed by atoms with Crippen LogP contribution in [-0.4, -0.2) is 19.8 Å². The van der Waals surface area contributed by atoms with Crippen molar-refractivity contribution in [3.8, 4) is 0 Å². The van der Waals surface area contributed by atoms with E-state index >= 15 is 0 Å². The molecule has 0 spiro atoms. The van der Waals surface area contributed by atoms with Crippen LogP contribution in [0.5, 0.6) is 0 Å². The van der Waals surface area contributed by atoms with Crippen molar-refractivity contribution in [3.05, 3.63) is 34.6 Å². The normalized spacial score (nSPS) is 18.5. The first-order valence-electron chi connectivity index (χ1n) is 6.97. The van der Waals surface area contributed by atoms with E-state index in [0.717, 1.165) is 44.6 Å². The van der Waals surface area contributed by atoms with Gasteiger partial charge in [-0.15, -0.1) is 0 Å². The van der Waals surface area contributed by atoms with Gasteiger partial charge in [-0.2, -0.15) is 0 Å². The number of nitrogens with one attached hydrogen (secondary N) is 1. The quantitative estimate of drug-likeness (QED) is 0.884. The van der Waals surface area contributed by atoms with Crippen molar-refractivity contribution in [1.29, 1.82) is 0 Å². The fourth-order valence-electron chi connectivity index (χ4n) is 2.67. The number of hydrogen-bond donors (Lipinski definition) is 1. The van der Waals surface area contributed by atoms with E-state index in [2.05, 4.69) is 12.2 Å². The van der Waals surface area contributed by atoms with E-state index in [-0.39, 0.29) is 16.9 Å². The lowest BCUT2D eigenvalue weighted by atomic mass is 9.89. The highest BCUT2D eigenvalue weighted by molar-refractivity contribution is 6.31. The SMILES string of the molecule is CCNC(CC1CCOCC1)c1cccc(F)c1Cl.